The number of azide groups is 1. The quantitative estimate of drug-likeness (QED) is 0.107. The van der Waals surface area contributed by atoms with Gasteiger partial charge in [-0.05, 0) is 36.6 Å². The lowest BCUT2D eigenvalue weighted by molar-refractivity contribution is 0.399. The van der Waals surface area contributed by atoms with E-state index in [-0.39, 0.29) is 5.48 Å². The van der Waals surface area contributed by atoms with Gasteiger partial charge in [0.2, 0.25) is 0 Å². The zero-order chi connectivity index (χ0) is 16.5. The van der Waals surface area contributed by atoms with E-state index in [1.165, 1.54) is 64.2 Å². The molecule has 0 saturated heterocycles. The third-order valence-electron chi connectivity index (χ3n) is 4.55. The van der Waals surface area contributed by atoms with Crippen LogP contribution in [0.4, 0.5) is 0 Å². The number of hydrogen-bond donors (Lipinski definition) is 0. The summed E-state index contributed by atoms with van der Waals surface area (Å²) in [6, 6.07) is 0. The van der Waals surface area contributed by atoms with Crippen molar-refractivity contribution >= 4 is 0 Å². The Morgan fingerprint density at radius 3 is 2.00 bits per heavy atom. The maximum atomic E-state index is 8.33. The number of hydrogen-bond acceptors (Lipinski definition) is 1. The van der Waals surface area contributed by atoms with Crippen LogP contribution in [0, 0.1) is 11.8 Å². The highest BCUT2D eigenvalue weighted by Crippen LogP contribution is 2.16. The minimum atomic E-state index is 0. The van der Waals surface area contributed by atoms with E-state index in [2.05, 4.69) is 42.9 Å². The molecular formula is C19H39N3O. The fraction of sp³-hybridized carbons (Fsp3) is 0.895. The molecule has 23 heavy (non-hydrogen) atoms. The Morgan fingerprint density at radius 2 is 1.43 bits per heavy atom. The van der Waals surface area contributed by atoms with Gasteiger partial charge in [-0.3, -0.25) is 0 Å². The number of unbranched alkanes of at least 4 members (excludes halogenated alkanes) is 9. The molecule has 136 valence electrons. The van der Waals surface area contributed by atoms with Gasteiger partial charge in [-0.15, -0.1) is 0 Å². The molecule has 0 spiro atoms. The van der Waals surface area contributed by atoms with E-state index in [0.29, 0.717) is 18.4 Å². The van der Waals surface area contributed by atoms with Crippen LogP contribution in [0.15, 0.2) is 17.3 Å². The normalized spacial score (nSPS) is 13.3. The lowest BCUT2D eigenvalue weighted by Gasteiger charge is -2.15. The third-order valence-corrected chi connectivity index (χ3v) is 4.55. The van der Waals surface area contributed by atoms with Crippen LogP contribution in [0.2, 0.25) is 0 Å². The predicted molar refractivity (Wildman–Crippen MR) is 102 cm³/mol. The summed E-state index contributed by atoms with van der Waals surface area (Å²) in [5.41, 5.74) is 8.33. The second-order valence-electron chi connectivity index (χ2n) is 6.69. The van der Waals surface area contributed by atoms with Crippen LogP contribution >= 0.6 is 0 Å². The second-order valence-corrected chi connectivity index (χ2v) is 6.69. The van der Waals surface area contributed by atoms with Crippen molar-refractivity contribution in [2.75, 3.05) is 6.54 Å². The van der Waals surface area contributed by atoms with Crippen molar-refractivity contribution in [3.05, 3.63) is 22.6 Å². The summed E-state index contributed by atoms with van der Waals surface area (Å²) in [7, 11) is 0. The maximum Gasteiger partial charge on any atom is 0.0286 e. The molecule has 0 amide bonds. The molecule has 0 radical (unpaired) electrons. The van der Waals surface area contributed by atoms with Gasteiger partial charge in [0.05, 0.1) is 0 Å². The van der Waals surface area contributed by atoms with Crippen LogP contribution in [-0.2, 0) is 0 Å². The van der Waals surface area contributed by atoms with Crippen molar-refractivity contribution in [3.63, 3.8) is 0 Å². The Hall–Kier alpha value is -0.990. The topological polar surface area (TPSA) is 80.3 Å². The standard InChI is InChI=1S/C19H37N3.H2O/c1-4-5-6-7-8-9-10-11-12-13-14-15-16-18(2)19(3)17-21-22-20;/h14-15,18-19H,4-13,16-17H2,1-3H3;1H2/t18-,19+;/m1./s1. The molecule has 0 aliphatic rings. The molecule has 0 heterocycles. The van der Waals surface area contributed by atoms with Gasteiger partial charge in [0, 0.05) is 11.5 Å². The Morgan fingerprint density at radius 1 is 0.870 bits per heavy atom. The van der Waals surface area contributed by atoms with E-state index in [9.17, 15) is 0 Å². The highest BCUT2D eigenvalue weighted by atomic mass is 16.0. The SMILES string of the molecule is CCCCCCCCCCCC=CC[C@@H](C)[C@@H](C)CN=[N+]=[N-].O. The first-order valence-electron chi connectivity index (χ1n) is 9.38. The first-order valence-corrected chi connectivity index (χ1v) is 9.38. The van der Waals surface area contributed by atoms with E-state index >= 15 is 0 Å². The van der Waals surface area contributed by atoms with Crippen molar-refractivity contribution in [1.82, 2.24) is 0 Å². The summed E-state index contributed by atoms with van der Waals surface area (Å²) in [5.74, 6) is 1.05. The largest absolute Gasteiger partial charge is 0.412 e. The van der Waals surface area contributed by atoms with E-state index in [0.717, 1.165) is 6.42 Å². The maximum absolute atomic E-state index is 8.33. The van der Waals surface area contributed by atoms with Gasteiger partial charge < -0.3 is 5.48 Å². The molecule has 2 atom stereocenters. The molecular weight excluding hydrogens is 286 g/mol. The summed E-state index contributed by atoms with van der Waals surface area (Å²) >= 11 is 0. The molecule has 0 aliphatic heterocycles. The fourth-order valence-corrected chi connectivity index (χ4v) is 2.58. The van der Waals surface area contributed by atoms with E-state index in [1.54, 1.807) is 0 Å². The van der Waals surface area contributed by atoms with Gasteiger partial charge in [-0.1, -0.05) is 89.4 Å². The molecule has 0 aromatic rings. The molecule has 0 fully saturated rings. The van der Waals surface area contributed by atoms with Crippen molar-refractivity contribution in [2.45, 2.75) is 91.4 Å². The number of nitrogens with zero attached hydrogens (tertiary/aromatic N) is 3. The van der Waals surface area contributed by atoms with E-state index < -0.39 is 0 Å². The van der Waals surface area contributed by atoms with Crippen LogP contribution in [0.3, 0.4) is 0 Å². The van der Waals surface area contributed by atoms with E-state index in [1.807, 2.05) is 0 Å². The van der Waals surface area contributed by atoms with Gasteiger partial charge in [0.1, 0.15) is 0 Å². The molecule has 0 bridgehead atoms. The summed E-state index contributed by atoms with van der Waals surface area (Å²) in [6.07, 6.45) is 19.5. The molecule has 0 aromatic heterocycles. The first-order chi connectivity index (χ1) is 10.7. The summed E-state index contributed by atoms with van der Waals surface area (Å²) in [5, 5.41) is 3.66. The zero-order valence-corrected chi connectivity index (χ0v) is 15.6. The average molecular weight is 326 g/mol. The van der Waals surface area contributed by atoms with Gasteiger partial charge in [-0.25, -0.2) is 0 Å². The number of rotatable bonds is 15. The molecule has 4 nitrogen and oxygen atoms in total. The molecule has 2 N–H and O–H groups in total. The average Bonchev–Trinajstić information content (AvgIpc) is 2.53. The monoisotopic (exact) mass is 325 g/mol. The minimum absolute atomic E-state index is 0. The third kappa shape index (κ3) is 17.2. The van der Waals surface area contributed by atoms with Crippen LogP contribution in [0.5, 0.6) is 0 Å². The molecule has 4 heteroatoms. The molecule has 0 unspecified atom stereocenters. The number of allylic oxidation sites excluding steroid dienone is 2. The van der Waals surface area contributed by atoms with Crippen LogP contribution in [0.1, 0.15) is 91.4 Å². The van der Waals surface area contributed by atoms with Crippen molar-refractivity contribution in [1.29, 1.82) is 0 Å². The molecule has 0 aliphatic carbocycles. The minimum Gasteiger partial charge on any atom is -0.412 e. The first kappa shape index (κ1) is 24.3. The van der Waals surface area contributed by atoms with Crippen molar-refractivity contribution in [2.24, 2.45) is 17.0 Å². The van der Waals surface area contributed by atoms with Crippen LogP contribution in [0.25, 0.3) is 10.4 Å². The van der Waals surface area contributed by atoms with Crippen LogP contribution < -0.4 is 0 Å². The zero-order valence-electron chi connectivity index (χ0n) is 15.6. The van der Waals surface area contributed by atoms with Gasteiger partial charge in [0.15, 0.2) is 0 Å². The lowest BCUT2D eigenvalue weighted by atomic mass is 9.93. The Labute approximate surface area is 143 Å². The van der Waals surface area contributed by atoms with Gasteiger partial charge in [0.25, 0.3) is 0 Å². The van der Waals surface area contributed by atoms with Crippen molar-refractivity contribution in [3.8, 4) is 0 Å². The van der Waals surface area contributed by atoms with Gasteiger partial charge in [-0.2, -0.15) is 0 Å². The molecule has 0 saturated carbocycles. The molecule has 0 aromatic carbocycles. The Balaban J connectivity index is 0. The highest BCUT2D eigenvalue weighted by molar-refractivity contribution is 4.84. The fourth-order valence-electron chi connectivity index (χ4n) is 2.58. The summed E-state index contributed by atoms with van der Waals surface area (Å²) in [6.45, 7) is 7.28. The molecule has 0 rings (SSSR count). The summed E-state index contributed by atoms with van der Waals surface area (Å²) < 4.78 is 0. The Kier molecular flexibility index (Phi) is 20.1. The lowest BCUT2D eigenvalue weighted by Crippen LogP contribution is -2.09. The van der Waals surface area contributed by atoms with Gasteiger partial charge >= 0.3 is 0 Å². The predicted octanol–water partition coefficient (Wildman–Crippen LogP) is 6.61. The van der Waals surface area contributed by atoms with Crippen LogP contribution in [-0.4, -0.2) is 12.0 Å². The second kappa shape index (κ2) is 19.1. The Bertz CT molecular complexity index is 312. The summed E-state index contributed by atoms with van der Waals surface area (Å²) in [4.78, 5) is 2.83. The van der Waals surface area contributed by atoms with E-state index in [4.69, 9.17) is 5.53 Å². The van der Waals surface area contributed by atoms with Crippen molar-refractivity contribution < 1.29 is 5.48 Å². The highest BCUT2D eigenvalue weighted by Gasteiger charge is 2.08. The smallest absolute Gasteiger partial charge is 0.0286 e.